The van der Waals surface area contributed by atoms with Crippen molar-refractivity contribution in [1.82, 2.24) is 10.2 Å². The van der Waals surface area contributed by atoms with Crippen molar-refractivity contribution >= 4 is 12.0 Å². The van der Waals surface area contributed by atoms with Crippen LogP contribution in [0.5, 0.6) is 11.5 Å². The molecule has 8 heteroatoms. The molecule has 0 heterocycles. The van der Waals surface area contributed by atoms with E-state index >= 15 is 0 Å². The number of ether oxygens (including phenoxy) is 3. The highest BCUT2D eigenvalue weighted by Crippen LogP contribution is 2.50. The molecule has 0 aromatic heterocycles. The normalized spacial score (nSPS) is 17.7. The third-order valence-electron chi connectivity index (χ3n) is 7.69. The van der Waals surface area contributed by atoms with Gasteiger partial charge in [-0.05, 0) is 75.1 Å². The highest BCUT2D eigenvalue weighted by molar-refractivity contribution is 5.87. The number of methoxy groups -OCH3 is 2. The van der Waals surface area contributed by atoms with E-state index in [0.717, 1.165) is 47.5 Å². The molecule has 0 saturated heterocycles. The maximum Gasteiger partial charge on any atom is 0.329 e. The first kappa shape index (κ1) is 26.8. The highest BCUT2D eigenvalue weighted by atomic mass is 16.5. The highest BCUT2D eigenvalue weighted by Gasteiger charge is 2.46. The second kappa shape index (κ2) is 11.4. The maximum absolute atomic E-state index is 13.5. The van der Waals surface area contributed by atoms with Gasteiger partial charge in [0.2, 0.25) is 0 Å². The van der Waals surface area contributed by atoms with Crippen LogP contribution in [-0.4, -0.2) is 54.9 Å². The van der Waals surface area contributed by atoms with Crippen LogP contribution in [0, 0.1) is 0 Å². The maximum atomic E-state index is 13.5. The minimum Gasteiger partial charge on any atom is -0.496 e. The van der Waals surface area contributed by atoms with Crippen molar-refractivity contribution in [1.29, 1.82) is 0 Å². The monoisotopic (exact) mass is 510 g/mol. The van der Waals surface area contributed by atoms with Crippen molar-refractivity contribution < 1.29 is 28.9 Å². The van der Waals surface area contributed by atoms with Gasteiger partial charge in [0.05, 0.1) is 33.0 Å². The van der Waals surface area contributed by atoms with E-state index in [0.29, 0.717) is 25.4 Å². The number of carboxylic acids is 1. The van der Waals surface area contributed by atoms with Crippen LogP contribution in [0.15, 0.2) is 42.5 Å². The average molecular weight is 511 g/mol. The molecule has 2 fully saturated rings. The number of urea groups is 1. The third kappa shape index (κ3) is 5.85. The SMILES string of the molecule is COc1cc(C(C)N(CCO[C@@H](C)c2ccccc2)C(=O)NC2(C(=O)O)CCC2)cc(OC)c1C1CC1. The Balaban J connectivity index is 1.56. The van der Waals surface area contributed by atoms with Crippen molar-refractivity contribution in [3.05, 3.63) is 59.2 Å². The van der Waals surface area contributed by atoms with Crippen molar-refractivity contribution in [3.8, 4) is 11.5 Å². The fraction of sp³-hybridized carbons (Fsp3) is 0.517. The first-order valence-corrected chi connectivity index (χ1v) is 13.0. The molecule has 2 saturated carbocycles. The second-order valence-electron chi connectivity index (χ2n) is 10.1. The van der Waals surface area contributed by atoms with Gasteiger partial charge in [-0.15, -0.1) is 0 Å². The van der Waals surface area contributed by atoms with Gasteiger partial charge in [-0.25, -0.2) is 9.59 Å². The Bertz CT molecular complexity index is 1070. The standard InChI is InChI=1S/C29H38N2O6/c1-19(23-17-24(35-3)26(22-11-12-22)25(18-23)36-4)31(28(34)30-29(27(32)33)13-8-14-29)15-16-37-20(2)21-9-6-5-7-10-21/h5-7,9-10,17-20,22H,8,11-16H2,1-4H3,(H,30,34)(H,32,33)/t19?,20-/m0/s1. The van der Waals surface area contributed by atoms with Crippen LogP contribution in [0.4, 0.5) is 4.79 Å². The third-order valence-corrected chi connectivity index (χ3v) is 7.69. The smallest absolute Gasteiger partial charge is 0.329 e. The van der Waals surface area contributed by atoms with E-state index in [1.165, 1.54) is 0 Å². The molecule has 37 heavy (non-hydrogen) atoms. The van der Waals surface area contributed by atoms with Crippen LogP contribution >= 0.6 is 0 Å². The van der Waals surface area contributed by atoms with Crippen LogP contribution in [-0.2, 0) is 9.53 Å². The lowest BCUT2D eigenvalue weighted by Crippen LogP contribution is -2.62. The second-order valence-corrected chi connectivity index (χ2v) is 10.1. The molecule has 4 rings (SSSR count). The zero-order chi connectivity index (χ0) is 26.6. The molecule has 2 aliphatic rings. The molecule has 1 unspecified atom stereocenters. The molecule has 0 bridgehead atoms. The lowest BCUT2D eigenvalue weighted by molar-refractivity contribution is -0.148. The number of benzene rings is 2. The summed E-state index contributed by atoms with van der Waals surface area (Å²) in [7, 11) is 3.29. The Hall–Kier alpha value is -3.26. The van der Waals surface area contributed by atoms with E-state index in [1.807, 2.05) is 56.3 Å². The number of aliphatic carboxylic acids is 1. The molecule has 2 aromatic rings. The van der Waals surface area contributed by atoms with E-state index in [-0.39, 0.29) is 18.7 Å². The van der Waals surface area contributed by atoms with E-state index < -0.39 is 17.5 Å². The number of nitrogens with one attached hydrogen (secondary N) is 1. The Morgan fingerprint density at radius 1 is 1.05 bits per heavy atom. The van der Waals surface area contributed by atoms with Gasteiger partial charge in [0, 0.05) is 12.1 Å². The van der Waals surface area contributed by atoms with Crippen LogP contribution in [0.1, 0.15) is 80.7 Å². The summed E-state index contributed by atoms with van der Waals surface area (Å²) < 4.78 is 17.5. The molecule has 8 nitrogen and oxygen atoms in total. The Morgan fingerprint density at radius 3 is 2.16 bits per heavy atom. The number of nitrogens with zero attached hydrogens (tertiary/aromatic N) is 1. The van der Waals surface area contributed by atoms with Gasteiger partial charge in [-0.1, -0.05) is 30.3 Å². The number of amides is 2. The van der Waals surface area contributed by atoms with Crippen molar-refractivity contribution in [3.63, 3.8) is 0 Å². The Morgan fingerprint density at radius 2 is 1.68 bits per heavy atom. The molecule has 2 N–H and O–H groups in total. The van der Waals surface area contributed by atoms with Crippen molar-refractivity contribution in [2.24, 2.45) is 0 Å². The largest absolute Gasteiger partial charge is 0.496 e. The summed E-state index contributed by atoms with van der Waals surface area (Å²) in [6, 6.07) is 13.0. The van der Waals surface area contributed by atoms with E-state index in [2.05, 4.69) is 5.32 Å². The first-order valence-electron chi connectivity index (χ1n) is 13.0. The summed E-state index contributed by atoms with van der Waals surface area (Å²) in [4.78, 5) is 27.1. The molecular formula is C29H38N2O6. The minimum absolute atomic E-state index is 0.142. The van der Waals surface area contributed by atoms with Gasteiger partial charge in [-0.2, -0.15) is 0 Å². The molecule has 2 aromatic carbocycles. The van der Waals surface area contributed by atoms with Crippen molar-refractivity contribution in [2.75, 3.05) is 27.4 Å². The van der Waals surface area contributed by atoms with Crippen LogP contribution in [0.3, 0.4) is 0 Å². The van der Waals surface area contributed by atoms with Gasteiger partial charge in [-0.3, -0.25) is 0 Å². The topological polar surface area (TPSA) is 97.3 Å². The van der Waals surface area contributed by atoms with Gasteiger partial charge < -0.3 is 29.5 Å². The van der Waals surface area contributed by atoms with Crippen LogP contribution < -0.4 is 14.8 Å². The zero-order valence-corrected chi connectivity index (χ0v) is 22.2. The van der Waals surface area contributed by atoms with Crippen LogP contribution in [0.25, 0.3) is 0 Å². The summed E-state index contributed by atoms with van der Waals surface area (Å²) in [5.74, 6) is 0.930. The number of rotatable bonds is 12. The molecule has 0 radical (unpaired) electrons. The lowest BCUT2D eigenvalue weighted by atomic mass is 9.77. The van der Waals surface area contributed by atoms with Crippen LogP contribution in [0.2, 0.25) is 0 Å². The molecule has 0 aliphatic heterocycles. The Kier molecular flexibility index (Phi) is 8.27. The number of carbonyl (C=O) groups is 2. The minimum atomic E-state index is -1.21. The van der Waals surface area contributed by atoms with Crippen molar-refractivity contribution in [2.45, 2.75) is 69.6 Å². The lowest BCUT2D eigenvalue weighted by Gasteiger charge is -2.41. The summed E-state index contributed by atoms with van der Waals surface area (Å²) in [5, 5.41) is 12.6. The summed E-state index contributed by atoms with van der Waals surface area (Å²) >= 11 is 0. The van der Waals surface area contributed by atoms with E-state index in [4.69, 9.17) is 14.2 Å². The number of carbonyl (C=O) groups excluding carboxylic acids is 1. The quantitative estimate of drug-likeness (QED) is 0.395. The number of hydrogen-bond donors (Lipinski definition) is 2. The van der Waals surface area contributed by atoms with Gasteiger partial charge in [0.25, 0.3) is 0 Å². The molecular weight excluding hydrogens is 472 g/mol. The van der Waals surface area contributed by atoms with Gasteiger partial charge in [0.1, 0.15) is 17.0 Å². The van der Waals surface area contributed by atoms with E-state index in [1.54, 1.807) is 19.1 Å². The summed E-state index contributed by atoms with van der Waals surface area (Å²) in [6.45, 7) is 4.49. The summed E-state index contributed by atoms with van der Waals surface area (Å²) in [6.07, 6.45) is 3.69. The van der Waals surface area contributed by atoms with E-state index in [9.17, 15) is 14.7 Å². The predicted octanol–water partition coefficient (Wildman–Crippen LogP) is 5.44. The zero-order valence-electron chi connectivity index (χ0n) is 22.2. The average Bonchev–Trinajstić information content (AvgIpc) is 3.72. The first-order chi connectivity index (χ1) is 17.8. The molecule has 200 valence electrons. The van der Waals surface area contributed by atoms with Gasteiger partial charge >= 0.3 is 12.0 Å². The fourth-order valence-electron chi connectivity index (χ4n) is 4.97. The predicted molar refractivity (Wildman–Crippen MR) is 140 cm³/mol. The fourth-order valence-corrected chi connectivity index (χ4v) is 4.97. The molecule has 2 atom stereocenters. The molecule has 0 spiro atoms. The summed E-state index contributed by atoms with van der Waals surface area (Å²) in [5.41, 5.74) is 1.76. The molecule has 2 amide bonds. The Labute approximate surface area is 218 Å². The number of carboxylic acid groups (broad SMARTS) is 1. The molecule has 2 aliphatic carbocycles. The number of hydrogen-bond acceptors (Lipinski definition) is 5. The van der Waals surface area contributed by atoms with Gasteiger partial charge in [0.15, 0.2) is 0 Å².